The summed E-state index contributed by atoms with van der Waals surface area (Å²) in [6.07, 6.45) is 4.48. The topological polar surface area (TPSA) is 60.6 Å². The highest BCUT2D eigenvalue weighted by Crippen LogP contribution is 2.62. The van der Waals surface area contributed by atoms with Crippen LogP contribution in [0.25, 0.3) is 0 Å². The lowest BCUT2D eigenvalue weighted by atomic mass is 9.72. The fourth-order valence-electron chi connectivity index (χ4n) is 4.28. The third-order valence-electron chi connectivity index (χ3n) is 5.74. The van der Waals surface area contributed by atoms with Gasteiger partial charge in [0.25, 0.3) is 0 Å². The van der Waals surface area contributed by atoms with Crippen molar-refractivity contribution in [3.8, 4) is 0 Å². The Morgan fingerprint density at radius 2 is 2.04 bits per heavy atom. The molecule has 0 N–H and O–H groups in total. The molecule has 2 saturated heterocycles. The molecule has 3 fully saturated rings. The van der Waals surface area contributed by atoms with Crippen molar-refractivity contribution in [2.45, 2.75) is 89.3 Å². The van der Waals surface area contributed by atoms with E-state index in [1.807, 2.05) is 6.92 Å². The van der Waals surface area contributed by atoms with E-state index < -0.39 is 0 Å². The normalized spacial score (nSPS) is 41.2. The molecule has 0 aromatic heterocycles. The van der Waals surface area contributed by atoms with Gasteiger partial charge in [0.15, 0.2) is 0 Å². The molecule has 2 heterocycles. The standard InChI is InChI=1S/C18H30O5/c1-5-6-14(19)8-10-20-11-21-16-17(13(4)22-17)9-7-15-18(16,23-15)12(2)3/h12-13,15-16H,5-11H2,1-4H3. The van der Waals surface area contributed by atoms with Crippen LogP contribution in [0.1, 0.15) is 59.8 Å². The number of hydrogen-bond donors (Lipinski definition) is 0. The van der Waals surface area contributed by atoms with Crippen molar-refractivity contribution < 1.29 is 23.7 Å². The largest absolute Gasteiger partial charge is 0.363 e. The highest BCUT2D eigenvalue weighted by atomic mass is 16.7. The minimum atomic E-state index is -0.218. The van der Waals surface area contributed by atoms with Crippen LogP contribution in [0.15, 0.2) is 0 Å². The predicted molar refractivity (Wildman–Crippen MR) is 85.2 cm³/mol. The third-order valence-corrected chi connectivity index (χ3v) is 5.74. The summed E-state index contributed by atoms with van der Waals surface area (Å²) in [5.74, 6) is 0.641. The van der Waals surface area contributed by atoms with Crippen molar-refractivity contribution in [3.05, 3.63) is 0 Å². The van der Waals surface area contributed by atoms with Crippen LogP contribution in [0, 0.1) is 5.92 Å². The second kappa shape index (κ2) is 6.43. The van der Waals surface area contributed by atoms with Gasteiger partial charge in [-0.1, -0.05) is 20.8 Å². The summed E-state index contributed by atoms with van der Waals surface area (Å²) >= 11 is 0. The average molecular weight is 326 g/mol. The third kappa shape index (κ3) is 2.97. The van der Waals surface area contributed by atoms with E-state index in [-0.39, 0.29) is 36.0 Å². The van der Waals surface area contributed by atoms with Crippen molar-refractivity contribution in [2.75, 3.05) is 13.4 Å². The van der Waals surface area contributed by atoms with Crippen LogP contribution < -0.4 is 0 Å². The molecule has 5 atom stereocenters. The Morgan fingerprint density at radius 3 is 2.65 bits per heavy atom. The number of Topliss-reactive ketones (excluding diaryl/α,β-unsaturated/α-hetero) is 1. The van der Waals surface area contributed by atoms with E-state index in [1.54, 1.807) is 0 Å². The lowest BCUT2D eigenvalue weighted by molar-refractivity contribution is -0.148. The van der Waals surface area contributed by atoms with E-state index in [9.17, 15) is 4.79 Å². The molecular weight excluding hydrogens is 296 g/mol. The van der Waals surface area contributed by atoms with E-state index >= 15 is 0 Å². The molecule has 5 nitrogen and oxygen atoms in total. The van der Waals surface area contributed by atoms with E-state index in [1.165, 1.54) is 0 Å². The van der Waals surface area contributed by atoms with Crippen LogP contribution in [-0.4, -0.2) is 48.7 Å². The first-order chi connectivity index (χ1) is 11.0. The van der Waals surface area contributed by atoms with Gasteiger partial charge in [-0.15, -0.1) is 0 Å². The molecule has 23 heavy (non-hydrogen) atoms. The maximum absolute atomic E-state index is 11.5. The molecule has 1 aliphatic carbocycles. The van der Waals surface area contributed by atoms with E-state index in [0.29, 0.717) is 31.5 Å². The molecule has 2 aliphatic heterocycles. The summed E-state index contributed by atoms with van der Waals surface area (Å²) in [6, 6.07) is 0. The zero-order valence-electron chi connectivity index (χ0n) is 14.8. The molecule has 5 heteroatoms. The second-order valence-corrected chi connectivity index (χ2v) is 7.48. The lowest BCUT2D eigenvalue weighted by Gasteiger charge is -2.36. The number of rotatable bonds is 9. The molecule has 3 rings (SSSR count). The minimum Gasteiger partial charge on any atom is -0.363 e. The monoisotopic (exact) mass is 326 g/mol. The first kappa shape index (κ1) is 17.3. The average Bonchev–Trinajstić information content (AvgIpc) is 3.37. The molecule has 3 aliphatic rings. The van der Waals surface area contributed by atoms with Crippen LogP contribution in [0.4, 0.5) is 0 Å². The summed E-state index contributed by atoms with van der Waals surface area (Å²) in [6.45, 7) is 9.12. The summed E-state index contributed by atoms with van der Waals surface area (Å²) in [5.41, 5.74) is -0.414. The van der Waals surface area contributed by atoms with E-state index in [0.717, 1.165) is 19.3 Å². The number of ketones is 1. The van der Waals surface area contributed by atoms with E-state index in [4.69, 9.17) is 18.9 Å². The van der Waals surface area contributed by atoms with Crippen molar-refractivity contribution in [2.24, 2.45) is 5.92 Å². The van der Waals surface area contributed by atoms with Gasteiger partial charge in [-0.25, -0.2) is 0 Å². The highest BCUT2D eigenvalue weighted by Gasteiger charge is 2.77. The van der Waals surface area contributed by atoms with Gasteiger partial charge in [-0.05, 0) is 32.1 Å². The summed E-state index contributed by atoms with van der Waals surface area (Å²) in [5, 5.41) is 0. The van der Waals surface area contributed by atoms with Gasteiger partial charge in [0.05, 0.1) is 18.8 Å². The molecule has 1 spiro atoms. The zero-order chi connectivity index (χ0) is 16.7. The van der Waals surface area contributed by atoms with Crippen molar-refractivity contribution in [3.63, 3.8) is 0 Å². The van der Waals surface area contributed by atoms with Crippen molar-refractivity contribution >= 4 is 5.78 Å². The van der Waals surface area contributed by atoms with Gasteiger partial charge in [-0.3, -0.25) is 4.79 Å². The molecule has 0 amide bonds. The number of hydrogen-bond acceptors (Lipinski definition) is 5. The number of epoxide rings is 2. The predicted octanol–water partition coefficient (Wildman–Crippen LogP) is 2.85. The smallest absolute Gasteiger partial charge is 0.147 e. The molecule has 5 unspecified atom stereocenters. The fraction of sp³-hybridized carbons (Fsp3) is 0.944. The second-order valence-electron chi connectivity index (χ2n) is 7.48. The maximum Gasteiger partial charge on any atom is 0.147 e. The first-order valence-corrected chi connectivity index (χ1v) is 9.04. The summed E-state index contributed by atoms with van der Waals surface area (Å²) in [4.78, 5) is 11.5. The Morgan fingerprint density at radius 1 is 1.30 bits per heavy atom. The quantitative estimate of drug-likeness (QED) is 0.370. The van der Waals surface area contributed by atoms with Crippen molar-refractivity contribution in [1.29, 1.82) is 0 Å². The SMILES string of the molecule is CCCC(=O)CCOCOC1C2(CCC3OC31C(C)C)OC2C. The van der Waals surface area contributed by atoms with Crippen LogP contribution >= 0.6 is 0 Å². The highest BCUT2D eigenvalue weighted by molar-refractivity contribution is 5.78. The zero-order valence-corrected chi connectivity index (χ0v) is 14.8. The number of ether oxygens (including phenoxy) is 4. The van der Waals surface area contributed by atoms with Crippen LogP contribution in [0.3, 0.4) is 0 Å². The molecular formula is C18H30O5. The molecule has 0 aromatic rings. The lowest BCUT2D eigenvalue weighted by Crippen LogP contribution is -2.53. The fourth-order valence-corrected chi connectivity index (χ4v) is 4.28. The van der Waals surface area contributed by atoms with Gasteiger partial charge in [-0.2, -0.15) is 0 Å². The molecule has 132 valence electrons. The van der Waals surface area contributed by atoms with Crippen LogP contribution in [-0.2, 0) is 23.7 Å². The maximum atomic E-state index is 11.5. The number of fused-ring (bicyclic) bond motifs is 1. The molecule has 0 bridgehead atoms. The Hall–Kier alpha value is -0.490. The van der Waals surface area contributed by atoms with Gasteiger partial charge < -0.3 is 18.9 Å². The Balaban J connectivity index is 1.51. The Labute approximate surface area is 139 Å². The minimum absolute atomic E-state index is 0.0740. The molecule has 0 aromatic carbocycles. The van der Waals surface area contributed by atoms with Crippen molar-refractivity contribution in [1.82, 2.24) is 0 Å². The van der Waals surface area contributed by atoms with Crippen LogP contribution in [0.2, 0.25) is 0 Å². The van der Waals surface area contributed by atoms with Gasteiger partial charge >= 0.3 is 0 Å². The Bertz CT molecular complexity index is 451. The number of carbonyl (C=O) groups is 1. The number of carbonyl (C=O) groups excluding carboxylic acids is 1. The van der Waals surface area contributed by atoms with E-state index in [2.05, 4.69) is 20.8 Å². The van der Waals surface area contributed by atoms with Gasteiger partial charge in [0, 0.05) is 12.8 Å². The molecule has 0 radical (unpaired) electrons. The first-order valence-electron chi connectivity index (χ1n) is 9.04. The van der Waals surface area contributed by atoms with Gasteiger partial charge in [0.2, 0.25) is 0 Å². The summed E-state index contributed by atoms with van der Waals surface area (Å²) in [7, 11) is 0. The molecule has 1 saturated carbocycles. The van der Waals surface area contributed by atoms with Gasteiger partial charge in [0.1, 0.15) is 29.9 Å². The summed E-state index contributed by atoms with van der Waals surface area (Å²) < 4.78 is 23.7. The van der Waals surface area contributed by atoms with Crippen LogP contribution in [0.5, 0.6) is 0 Å². The Kier molecular flexibility index (Phi) is 4.85.